The van der Waals surface area contributed by atoms with Crippen molar-refractivity contribution < 1.29 is 9.90 Å². The molecule has 0 aliphatic carbocycles. The number of carbonyl (C=O) groups excluding carboxylic acids is 1. The quantitative estimate of drug-likeness (QED) is 0.728. The summed E-state index contributed by atoms with van der Waals surface area (Å²) in [5, 5.41) is 12.6. The number of amides is 1. The fourth-order valence-electron chi connectivity index (χ4n) is 2.50. The van der Waals surface area contributed by atoms with Gasteiger partial charge in [-0.3, -0.25) is 9.69 Å². The zero-order chi connectivity index (χ0) is 14.7. The number of nitrogens with one attached hydrogen (secondary N) is 1. The fourth-order valence-corrected chi connectivity index (χ4v) is 2.50. The van der Waals surface area contributed by atoms with Gasteiger partial charge in [0.05, 0.1) is 12.1 Å². The number of nitrogens with zero attached hydrogens (tertiary/aromatic N) is 1. The maximum absolute atomic E-state index is 12.2. The Kier molecular flexibility index (Phi) is 4.62. The standard InChI is InChI=1S/C15H23N3O2/c1-10-9-18(8-7-14(10)19)11(2)15(20)17-13-5-3-12(16)4-6-13/h3-6,10-11,14,19H,7-9,16H2,1-2H3,(H,17,20). The predicted molar refractivity (Wildman–Crippen MR) is 80.3 cm³/mol. The van der Waals surface area contributed by atoms with Crippen molar-refractivity contribution in [1.29, 1.82) is 0 Å². The Balaban J connectivity index is 1.93. The minimum atomic E-state index is -0.251. The zero-order valence-electron chi connectivity index (χ0n) is 12.0. The molecule has 1 saturated heterocycles. The molecular weight excluding hydrogens is 254 g/mol. The van der Waals surface area contributed by atoms with Crippen LogP contribution in [0.25, 0.3) is 0 Å². The number of piperidine rings is 1. The number of hydrogen-bond acceptors (Lipinski definition) is 4. The van der Waals surface area contributed by atoms with Crippen LogP contribution in [0.1, 0.15) is 20.3 Å². The van der Waals surface area contributed by atoms with E-state index in [9.17, 15) is 9.90 Å². The van der Waals surface area contributed by atoms with Crippen molar-refractivity contribution in [1.82, 2.24) is 4.90 Å². The summed E-state index contributed by atoms with van der Waals surface area (Å²) < 4.78 is 0. The van der Waals surface area contributed by atoms with Gasteiger partial charge in [0.15, 0.2) is 0 Å². The molecule has 4 N–H and O–H groups in total. The number of aliphatic hydroxyl groups is 1. The van der Waals surface area contributed by atoms with Crippen molar-refractivity contribution >= 4 is 17.3 Å². The lowest BCUT2D eigenvalue weighted by Crippen LogP contribution is -2.50. The van der Waals surface area contributed by atoms with Gasteiger partial charge in [0.1, 0.15) is 0 Å². The second-order valence-electron chi connectivity index (χ2n) is 5.62. The Morgan fingerprint density at radius 1 is 1.45 bits per heavy atom. The minimum Gasteiger partial charge on any atom is -0.399 e. The van der Waals surface area contributed by atoms with Gasteiger partial charge in [-0.2, -0.15) is 0 Å². The van der Waals surface area contributed by atoms with Gasteiger partial charge in [0, 0.05) is 24.5 Å². The molecule has 5 heteroatoms. The number of nitrogen functional groups attached to an aromatic ring is 1. The number of carbonyl (C=O) groups is 1. The number of anilines is 2. The monoisotopic (exact) mass is 277 g/mol. The topological polar surface area (TPSA) is 78.6 Å². The first-order valence-electron chi connectivity index (χ1n) is 7.06. The molecule has 1 aromatic rings. The maximum Gasteiger partial charge on any atom is 0.241 e. The van der Waals surface area contributed by atoms with Crippen LogP contribution in [-0.4, -0.2) is 41.1 Å². The lowest BCUT2D eigenvalue weighted by molar-refractivity contribution is -0.122. The summed E-state index contributed by atoms with van der Waals surface area (Å²) in [5.74, 6) is 0.175. The van der Waals surface area contributed by atoms with Gasteiger partial charge >= 0.3 is 0 Å². The van der Waals surface area contributed by atoms with Gasteiger partial charge in [-0.1, -0.05) is 6.92 Å². The molecule has 0 aromatic heterocycles. The lowest BCUT2D eigenvalue weighted by atomic mass is 9.95. The normalized spacial score (nSPS) is 25.1. The molecule has 20 heavy (non-hydrogen) atoms. The molecule has 0 spiro atoms. The van der Waals surface area contributed by atoms with E-state index in [0.29, 0.717) is 5.69 Å². The van der Waals surface area contributed by atoms with E-state index in [1.165, 1.54) is 0 Å². The van der Waals surface area contributed by atoms with E-state index >= 15 is 0 Å². The number of hydrogen-bond donors (Lipinski definition) is 3. The number of nitrogens with two attached hydrogens (primary N) is 1. The molecule has 1 aliphatic heterocycles. The van der Waals surface area contributed by atoms with Crippen LogP contribution in [0.4, 0.5) is 11.4 Å². The molecule has 110 valence electrons. The first-order valence-corrected chi connectivity index (χ1v) is 7.06. The Hall–Kier alpha value is -1.59. The molecule has 1 amide bonds. The molecule has 1 fully saturated rings. The zero-order valence-corrected chi connectivity index (χ0v) is 12.0. The molecule has 0 saturated carbocycles. The highest BCUT2D eigenvalue weighted by atomic mass is 16.3. The average Bonchev–Trinajstić information content (AvgIpc) is 2.43. The molecule has 0 bridgehead atoms. The third-order valence-electron chi connectivity index (χ3n) is 4.00. The molecule has 3 atom stereocenters. The summed E-state index contributed by atoms with van der Waals surface area (Å²) in [6.07, 6.45) is 0.472. The number of likely N-dealkylation sites (tertiary alicyclic amines) is 1. The van der Waals surface area contributed by atoms with Crippen molar-refractivity contribution in [3.8, 4) is 0 Å². The van der Waals surface area contributed by atoms with Crippen LogP contribution < -0.4 is 11.1 Å². The molecule has 1 aliphatic rings. The Morgan fingerprint density at radius 2 is 2.10 bits per heavy atom. The van der Waals surface area contributed by atoms with Crippen LogP contribution in [0, 0.1) is 5.92 Å². The summed E-state index contributed by atoms with van der Waals surface area (Å²) in [6.45, 7) is 5.41. The summed E-state index contributed by atoms with van der Waals surface area (Å²) in [4.78, 5) is 14.4. The highest BCUT2D eigenvalue weighted by molar-refractivity contribution is 5.94. The predicted octanol–water partition coefficient (Wildman–Crippen LogP) is 1.30. The Bertz CT molecular complexity index is 461. The smallest absolute Gasteiger partial charge is 0.241 e. The third-order valence-corrected chi connectivity index (χ3v) is 4.00. The van der Waals surface area contributed by atoms with E-state index < -0.39 is 0 Å². The van der Waals surface area contributed by atoms with Crippen molar-refractivity contribution in [3.05, 3.63) is 24.3 Å². The second kappa shape index (κ2) is 6.24. The first kappa shape index (κ1) is 14.8. The van der Waals surface area contributed by atoms with Crippen LogP contribution in [0.15, 0.2) is 24.3 Å². The molecule has 2 rings (SSSR count). The summed E-state index contributed by atoms with van der Waals surface area (Å²) in [5.41, 5.74) is 7.04. The minimum absolute atomic E-state index is 0.0293. The lowest BCUT2D eigenvalue weighted by Gasteiger charge is -2.37. The molecule has 0 radical (unpaired) electrons. The van der Waals surface area contributed by atoms with E-state index in [0.717, 1.165) is 25.2 Å². The van der Waals surface area contributed by atoms with Crippen molar-refractivity contribution in [2.75, 3.05) is 24.1 Å². The fraction of sp³-hybridized carbons (Fsp3) is 0.533. The van der Waals surface area contributed by atoms with Gasteiger partial charge in [0.25, 0.3) is 0 Å². The van der Waals surface area contributed by atoms with E-state index in [1.807, 2.05) is 13.8 Å². The van der Waals surface area contributed by atoms with Gasteiger partial charge in [-0.25, -0.2) is 0 Å². The molecule has 5 nitrogen and oxygen atoms in total. The van der Waals surface area contributed by atoms with E-state index in [1.54, 1.807) is 24.3 Å². The summed E-state index contributed by atoms with van der Waals surface area (Å²) >= 11 is 0. The number of aliphatic hydroxyl groups excluding tert-OH is 1. The van der Waals surface area contributed by atoms with Crippen molar-refractivity contribution in [3.63, 3.8) is 0 Å². The molecule has 1 heterocycles. The summed E-state index contributed by atoms with van der Waals surface area (Å²) in [7, 11) is 0. The second-order valence-corrected chi connectivity index (χ2v) is 5.62. The van der Waals surface area contributed by atoms with Crippen LogP contribution >= 0.6 is 0 Å². The Morgan fingerprint density at radius 3 is 2.70 bits per heavy atom. The van der Waals surface area contributed by atoms with Crippen molar-refractivity contribution in [2.45, 2.75) is 32.4 Å². The highest BCUT2D eigenvalue weighted by Gasteiger charge is 2.29. The van der Waals surface area contributed by atoms with E-state index in [4.69, 9.17) is 5.73 Å². The van der Waals surface area contributed by atoms with Gasteiger partial charge in [-0.15, -0.1) is 0 Å². The van der Waals surface area contributed by atoms with Gasteiger partial charge in [0.2, 0.25) is 5.91 Å². The van der Waals surface area contributed by atoms with Gasteiger partial charge in [-0.05, 0) is 43.5 Å². The van der Waals surface area contributed by atoms with Crippen LogP contribution in [0.3, 0.4) is 0 Å². The average molecular weight is 277 g/mol. The first-order chi connectivity index (χ1) is 9.47. The molecule has 1 aromatic carbocycles. The Labute approximate surface area is 119 Å². The van der Waals surface area contributed by atoms with Crippen molar-refractivity contribution in [2.24, 2.45) is 5.92 Å². The maximum atomic E-state index is 12.2. The van der Waals surface area contributed by atoms with Gasteiger partial charge < -0.3 is 16.2 Å². The summed E-state index contributed by atoms with van der Waals surface area (Å²) in [6, 6.07) is 6.91. The van der Waals surface area contributed by atoms with E-state index in [-0.39, 0.29) is 24.0 Å². The third kappa shape index (κ3) is 3.49. The van der Waals surface area contributed by atoms with Crippen LogP contribution in [0.2, 0.25) is 0 Å². The largest absolute Gasteiger partial charge is 0.399 e. The molecular formula is C15H23N3O2. The van der Waals surface area contributed by atoms with Crippen LogP contribution in [0.5, 0.6) is 0 Å². The molecule has 3 unspecified atom stereocenters. The SMILES string of the molecule is CC1CN(C(C)C(=O)Nc2ccc(N)cc2)CCC1O. The number of benzene rings is 1. The van der Waals surface area contributed by atoms with E-state index in [2.05, 4.69) is 10.2 Å². The highest BCUT2D eigenvalue weighted by Crippen LogP contribution is 2.19. The number of rotatable bonds is 3. The van der Waals surface area contributed by atoms with Crippen LogP contribution in [-0.2, 0) is 4.79 Å².